The fourth-order valence-corrected chi connectivity index (χ4v) is 2.94. The predicted octanol–water partition coefficient (Wildman–Crippen LogP) is 2.27. The van der Waals surface area contributed by atoms with Gasteiger partial charge in [0.25, 0.3) is 11.8 Å². The average Bonchev–Trinajstić information content (AvgIpc) is 3.15. The highest BCUT2D eigenvalue weighted by molar-refractivity contribution is 6.31. The van der Waals surface area contributed by atoms with E-state index >= 15 is 0 Å². The SMILES string of the molecule is COc1ccc(Cl)cc1C(=O)N1CCN(C(=O)c2cc[nH]c2)CC1. The first-order valence-corrected chi connectivity index (χ1v) is 8.03. The quantitative estimate of drug-likeness (QED) is 0.926. The Morgan fingerprint density at radius 1 is 1.08 bits per heavy atom. The number of nitrogens with one attached hydrogen (secondary N) is 1. The number of hydrogen-bond acceptors (Lipinski definition) is 3. The van der Waals surface area contributed by atoms with Gasteiger partial charge in [-0.1, -0.05) is 11.6 Å². The first-order chi connectivity index (χ1) is 11.6. The summed E-state index contributed by atoms with van der Waals surface area (Å²) < 4.78 is 5.25. The van der Waals surface area contributed by atoms with Crippen molar-refractivity contribution in [2.24, 2.45) is 0 Å². The van der Waals surface area contributed by atoms with Crippen LogP contribution in [0.4, 0.5) is 0 Å². The van der Waals surface area contributed by atoms with Gasteiger partial charge < -0.3 is 19.5 Å². The van der Waals surface area contributed by atoms with Crippen molar-refractivity contribution in [2.75, 3.05) is 33.3 Å². The Kier molecular flexibility index (Phi) is 4.76. The van der Waals surface area contributed by atoms with Gasteiger partial charge in [0.05, 0.1) is 18.2 Å². The smallest absolute Gasteiger partial charge is 0.257 e. The van der Waals surface area contributed by atoms with Crippen LogP contribution in [0.15, 0.2) is 36.7 Å². The number of piperazine rings is 1. The van der Waals surface area contributed by atoms with E-state index in [4.69, 9.17) is 16.3 Å². The standard InChI is InChI=1S/C17H18ClN3O3/c1-24-15-3-2-13(18)10-14(15)17(23)21-8-6-20(7-9-21)16(22)12-4-5-19-11-12/h2-5,10-11,19H,6-9H2,1H3. The summed E-state index contributed by atoms with van der Waals surface area (Å²) >= 11 is 6.00. The van der Waals surface area contributed by atoms with Crippen LogP contribution >= 0.6 is 11.6 Å². The van der Waals surface area contributed by atoms with Crippen molar-refractivity contribution in [1.29, 1.82) is 0 Å². The first-order valence-electron chi connectivity index (χ1n) is 7.65. The number of nitrogens with zero attached hydrogens (tertiary/aromatic N) is 2. The zero-order valence-electron chi connectivity index (χ0n) is 13.3. The second kappa shape index (κ2) is 6.97. The summed E-state index contributed by atoms with van der Waals surface area (Å²) in [6.45, 7) is 1.95. The van der Waals surface area contributed by atoms with Gasteiger partial charge in [-0.25, -0.2) is 0 Å². The minimum Gasteiger partial charge on any atom is -0.496 e. The lowest BCUT2D eigenvalue weighted by Crippen LogP contribution is -2.50. The van der Waals surface area contributed by atoms with E-state index in [9.17, 15) is 9.59 Å². The highest BCUT2D eigenvalue weighted by Gasteiger charge is 2.27. The number of halogens is 1. The highest BCUT2D eigenvalue weighted by atomic mass is 35.5. The second-order valence-corrected chi connectivity index (χ2v) is 5.97. The third-order valence-corrected chi connectivity index (χ3v) is 4.33. The molecular formula is C17H18ClN3O3. The predicted molar refractivity (Wildman–Crippen MR) is 90.6 cm³/mol. The molecular weight excluding hydrogens is 330 g/mol. The number of carbonyl (C=O) groups excluding carboxylic acids is 2. The average molecular weight is 348 g/mol. The molecule has 3 rings (SSSR count). The van der Waals surface area contributed by atoms with Gasteiger partial charge in [-0.2, -0.15) is 0 Å². The normalized spacial score (nSPS) is 14.6. The summed E-state index contributed by atoms with van der Waals surface area (Å²) in [6, 6.07) is 6.72. The van der Waals surface area contributed by atoms with Crippen molar-refractivity contribution in [3.05, 3.63) is 52.8 Å². The molecule has 0 bridgehead atoms. The molecule has 1 aliphatic heterocycles. The van der Waals surface area contributed by atoms with Gasteiger partial charge in [0.1, 0.15) is 5.75 Å². The number of carbonyl (C=O) groups is 2. The zero-order chi connectivity index (χ0) is 17.1. The molecule has 0 spiro atoms. The first kappa shape index (κ1) is 16.4. The van der Waals surface area contributed by atoms with E-state index in [1.165, 1.54) is 7.11 Å². The molecule has 2 amide bonds. The molecule has 1 aromatic carbocycles. The molecule has 6 nitrogen and oxygen atoms in total. The molecule has 1 N–H and O–H groups in total. The molecule has 24 heavy (non-hydrogen) atoms. The third kappa shape index (κ3) is 3.23. The Hall–Kier alpha value is -2.47. The van der Waals surface area contributed by atoms with Gasteiger partial charge in [-0.05, 0) is 24.3 Å². The van der Waals surface area contributed by atoms with E-state index in [2.05, 4.69) is 4.98 Å². The van der Waals surface area contributed by atoms with E-state index in [1.807, 2.05) is 0 Å². The van der Waals surface area contributed by atoms with Gasteiger partial charge in [0.15, 0.2) is 0 Å². The molecule has 0 radical (unpaired) electrons. The van der Waals surface area contributed by atoms with Crippen LogP contribution < -0.4 is 4.74 Å². The Bertz CT molecular complexity index is 738. The van der Waals surface area contributed by atoms with Crippen molar-refractivity contribution < 1.29 is 14.3 Å². The van der Waals surface area contributed by atoms with Crippen LogP contribution in [0.1, 0.15) is 20.7 Å². The Labute approximate surface area is 145 Å². The lowest BCUT2D eigenvalue weighted by atomic mass is 10.1. The maximum Gasteiger partial charge on any atom is 0.257 e. The van der Waals surface area contributed by atoms with Crippen molar-refractivity contribution >= 4 is 23.4 Å². The number of methoxy groups -OCH3 is 1. The number of amides is 2. The number of benzene rings is 1. The molecule has 7 heteroatoms. The van der Waals surface area contributed by atoms with Crippen LogP contribution in [0, 0.1) is 0 Å². The zero-order valence-corrected chi connectivity index (χ0v) is 14.0. The summed E-state index contributed by atoms with van der Waals surface area (Å²) in [7, 11) is 1.52. The summed E-state index contributed by atoms with van der Waals surface area (Å²) in [5.41, 5.74) is 1.07. The van der Waals surface area contributed by atoms with Gasteiger partial charge >= 0.3 is 0 Å². The molecule has 0 atom stereocenters. The summed E-state index contributed by atoms with van der Waals surface area (Å²) in [6.07, 6.45) is 3.40. The lowest BCUT2D eigenvalue weighted by molar-refractivity contribution is 0.0533. The van der Waals surface area contributed by atoms with Crippen LogP contribution in [0.5, 0.6) is 5.75 Å². The van der Waals surface area contributed by atoms with Gasteiger partial charge in [0, 0.05) is 43.6 Å². The Morgan fingerprint density at radius 2 is 1.75 bits per heavy atom. The molecule has 0 unspecified atom stereocenters. The summed E-state index contributed by atoms with van der Waals surface area (Å²) in [4.78, 5) is 31.4. The van der Waals surface area contributed by atoms with Crippen LogP contribution in [-0.4, -0.2) is 59.9 Å². The van der Waals surface area contributed by atoms with E-state index in [-0.39, 0.29) is 11.8 Å². The second-order valence-electron chi connectivity index (χ2n) is 5.53. The minimum atomic E-state index is -0.136. The van der Waals surface area contributed by atoms with Crippen LogP contribution in [0.25, 0.3) is 0 Å². The van der Waals surface area contributed by atoms with Crippen LogP contribution in [0.3, 0.4) is 0 Å². The Morgan fingerprint density at radius 3 is 2.33 bits per heavy atom. The largest absolute Gasteiger partial charge is 0.496 e. The fraction of sp³-hybridized carbons (Fsp3) is 0.294. The van der Waals surface area contributed by atoms with Crippen LogP contribution in [-0.2, 0) is 0 Å². The molecule has 0 saturated carbocycles. The van der Waals surface area contributed by atoms with Gasteiger partial charge in [-0.3, -0.25) is 9.59 Å². The van der Waals surface area contributed by atoms with E-state index < -0.39 is 0 Å². The van der Waals surface area contributed by atoms with E-state index in [0.717, 1.165) is 0 Å². The van der Waals surface area contributed by atoms with Crippen molar-refractivity contribution in [3.8, 4) is 5.75 Å². The molecule has 1 saturated heterocycles. The number of aromatic nitrogens is 1. The fourth-order valence-electron chi connectivity index (χ4n) is 2.77. The van der Waals surface area contributed by atoms with E-state index in [1.54, 1.807) is 46.5 Å². The maximum atomic E-state index is 12.7. The summed E-state index contributed by atoms with van der Waals surface area (Å²) in [5.74, 6) is 0.335. The number of aromatic amines is 1. The van der Waals surface area contributed by atoms with Crippen LogP contribution in [0.2, 0.25) is 5.02 Å². The number of hydrogen-bond donors (Lipinski definition) is 1. The molecule has 1 aromatic heterocycles. The topological polar surface area (TPSA) is 65.6 Å². The molecule has 126 valence electrons. The molecule has 1 aliphatic rings. The number of rotatable bonds is 3. The highest BCUT2D eigenvalue weighted by Crippen LogP contribution is 2.24. The van der Waals surface area contributed by atoms with Gasteiger partial charge in [-0.15, -0.1) is 0 Å². The molecule has 1 fully saturated rings. The van der Waals surface area contributed by atoms with Gasteiger partial charge in [0.2, 0.25) is 0 Å². The maximum absolute atomic E-state index is 12.7. The number of ether oxygens (including phenoxy) is 1. The van der Waals surface area contributed by atoms with E-state index in [0.29, 0.717) is 48.1 Å². The van der Waals surface area contributed by atoms with Crippen molar-refractivity contribution in [2.45, 2.75) is 0 Å². The Balaban J connectivity index is 1.67. The minimum absolute atomic E-state index is 0.0244. The summed E-state index contributed by atoms with van der Waals surface area (Å²) in [5, 5.41) is 0.487. The molecule has 2 aromatic rings. The molecule has 0 aliphatic carbocycles. The monoisotopic (exact) mass is 347 g/mol. The van der Waals surface area contributed by atoms with Crippen molar-refractivity contribution in [3.63, 3.8) is 0 Å². The third-order valence-electron chi connectivity index (χ3n) is 4.09. The molecule has 2 heterocycles. The lowest BCUT2D eigenvalue weighted by Gasteiger charge is -2.34. The number of H-pyrrole nitrogens is 1. The van der Waals surface area contributed by atoms with Crippen molar-refractivity contribution in [1.82, 2.24) is 14.8 Å².